The highest BCUT2D eigenvalue weighted by Gasteiger charge is 2.26. The Labute approximate surface area is 310 Å². The van der Waals surface area contributed by atoms with E-state index in [1.54, 1.807) is 0 Å². The SMILES string of the molecule is CCCCCCCCCCCCCCCCCCCCCC(=O)OC(COCCCCCCCCCCC)COP(=O)(O)OCC[N+](C)(C)C. The van der Waals surface area contributed by atoms with Gasteiger partial charge in [-0.15, -0.1) is 0 Å². The van der Waals surface area contributed by atoms with E-state index >= 15 is 0 Å². The minimum absolute atomic E-state index is 0.0935. The van der Waals surface area contributed by atoms with Gasteiger partial charge in [0.25, 0.3) is 0 Å². The number of unbranched alkanes of at least 4 members (excludes halogenated alkanes) is 26. The van der Waals surface area contributed by atoms with Crippen molar-refractivity contribution in [3.05, 3.63) is 0 Å². The van der Waals surface area contributed by atoms with E-state index in [-0.39, 0.29) is 25.8 Å². The highest BCUT2D eigenvalue weighted by atomic mass is 31.2. The maximum absolute atomic E-state index is 12.6. The van der Waals surface area contributed by atoms with Crippen molar-refractivity contribution in [1.82, 2.24) is 0 Å². The molecule has 0 saturated carbocycles. The van der Waals surface area contributed by atoms with Crippen LogP contribution in [-0.2, 0) is 27.9 Å². The van der Waals surface area contributed by atoms with Gasteiger partial charge in [-0.25, -0.2) is 4.57 Å². The third-order valence-corrected chi connectivity index (χ3v) is 10.4. The summed E-state index contributed by atoms with van der Waals surface area (Å²) in [6.07, 6.45) is 35.6. The van der Waals surface area contributed by atoms with Gasteiger partial charge in [-0.3, -0.25) is 13.8 Å². The third kappa shape index (κ3) is 38.7. The van der Waals surface area contributed by atoms with Crippen molar-refractivity contribution in [2.45, 2.75) is 206 Å². The van der Waals surface area contributed by atoms with Gasteiger partial charge in [-0.2, -0.15) is 0 Å². The summed E-state index contributed by atoms with van der Waals surface area (Å²) in [6.45, 7) is 5.65. The van der Waals surface area contributed by atoms with Crippen LogP contribution in [0.3, 0.4) is 0 Å². The zero-order chi connectivity index (χ0) is 37.0. The molecule has 0 aliphatic rings. The van der Waals surface area contributed by atoms with E-state index in [0.29, 0.717) is 24.1 Å². The topological polar surface area (TPSA) is 91.3 Å². The zero-order valence-corrected chi connectivity index (χ0v) is 34.8. The van der Waals surface area contributed by atoms with Gasteiger partial charge in [0.1, 0.15) is 19.3 Å². The molecule has 9 heteroatoms. The van der Waals surface area contributed by atoms with Crippen LogP contribution in [-0.4, -0.2) is 75.6 Å². The molecule has 0 amide bonds. The van der Waals surface area contributed by atoms with Crippen LogP contribution in [0, 0.1) is 0 Å². The smallest absolute Gasteiger partial charge is 0.457 e. The molecular formula is C41H85NO7P+. The number of carbonyl (C=O) groups excluding carboxylic acids is 1. The lowest BCUT2D eigenvalue weighted by Gasteiger charge is -2.24. The van der Waals surface area contributed by atoms with E-state index in [2.05, 4.69) is 13.8 Å². The summed E-state index contributed by atoms with van der Waals surface area (Å²) in [6, 6.07) is 0. The normalized spacial score (nSPS) is 13.8. The number of phosphoric ester groups is 1. The summed E-state index contributed by atoms with van der Waals surface area (Å²) in [5.74, 6) is -0.309. The van der Waals surface area contributed by atoms with Crippen molar-refractivity contribution < 1.29 is 37.3 Å². The summed E-state index contributed by atoms with van der Waals surface area (Å²) >= 11 is 0. The summed E-state index contributed by atoms with van der Waals surface area (Å²) in [5.41, 5.74) is 0. The van der Waals surface area contributed by atoms with Gasteiger partial charge < -0.3 is 18.9 Å². The zero-order valence-electron chi connectivity index (χ0n) is 33.9. The molecule has 0 heterocycles. The Morgan fingerprint density at radius 1 is 0.540 bits per heavy atom. The van der Waals surface area contributed by atoms with Crippen molar-refractivity contribution in [2.75, 3.05) is 54.1 Å². The van der Waals surface area contributed by atoms with Crippen LogP contribution in [0.1, 0.15) is 200 Å². The van der Waals surface area contributed by atoms with Crippen LogP contribution in [0.15, 0.2) is 0 Å². The van der Waals surface area contributed by atoms with Crippen molar-refractivity contribution in [2.24, 2.45) is 0 Å². The summed E-state index contributed by atoms with van der Waals surface area (Å²) < 4.78 is 34.9. The van der Waals surface area contributed by atoms with Gasteiger partial charge in [0.05, 0.1) is 34.4 Å². The molecule has 0 fully saturated rings. The fourth-order valence-electron chi connectivity index (χ4n) is 6.08. The first-order valence-corrected chi connectivity index (χ1v) is 22.8. The van der Waals surface area contributed by atoms with Crippen LogP contribution in [0.25, 0.3) is 0 Å². The Bertz CT molecular complexity index is 777. The van der Waals surface area contributed by atoms with E-state index in [1.807, 2.05) is 21.1 Å². The Morgan fingerprint density at radius 2 is 0.920 bits per heavy atom. The third-order valence-electron chi connectivity index (χ3n) is 9.42. The van der Waals surface area contributed by atoms with Crippen LogP contribution >= 0.6 is 7.82 Å². The van der Waals surface area contributed by atoms with Crippen LogP contribution in [0.5, 0.6) is 0 Å². The van der Waals surface area contributed by atoms with Gasteiger partial charge in [0, 0.05) is 13.0 Å². The molecular weight excluding hydrogens is 649 g/mol. The van der Waals surface area contributed by atoms with E-state index in [1.165, 1.54) is 148 Å². The first-order chi connectivity index (χ1) is 24.1. The number of hydrogen-bond acceptors (Lipinski definition) is 6. The standard InChI is InChI=1S/C41H84NO7P/c1-6-8-10-12-14-16-17-18-19-20-21-22-23-24-25-26-28-30-32-34-41(43)49-40(39-48-50(44,45)47-37-35-42(3,4)5)38-46-36-33-31-29-27-15-13-11-9-7-2/h40H,6-39H2,1-5H3/p+1. The first kappa shape index (κ1) is 49.5. The molecule has 0 aromatic heterocycles. The first-order valence-electron chi connectivity index (χ1n) is 21.3. The number of esters is 1. The monoisotopic (exact) mass is 735 g/mol. The Balaban J connectivity index is 4.11. The quantitative estimate of drug-likeness (QED) is 0.0290. The number of hydrogen-bond donors (Lipinski definition) is 1. The largest absolute Gasteiger partial charge is 0.472 e. The Hall–Kier alpha value is -0.500. The lowest BCUT2D eigenvalue weighted by atomic mass is 10.0. The van der Waals surface area contributed by atoms with Crippen molar-refractivity contribution in [1.29, 1.82) is 0 Å². The molecule has 0 aromatic carbocycles. The fraction of sp³-hybridized carbons (Fsp3) is 0.976. The molecule has 300 valence electrons. The molecule has 1 N–H and O–H groups in total. The average molecular weight is 735 g/mol. The van der Waals surface area contributed by atoms with Gasteiger partial charge in [0.2, 0.25) is 0 Å². The van der Waals surface area contributed by atoms with E-state index in [9.17, 15) is 14.3 Å². The minimum atomic E-state index is -4.26. The molecule has 0 aliphatic heterocycles. The Kier molecular flexibility index (Phi) is 35.2. The number of quaternary nitrogens is 1. The molecule has 0 radical (unpaired) electrons. The molecule has 0 aliphatic carbocycles. The lowest BCUT2D eigenvalue weighted by molar-refractivity contribution is -0.870. The molecule has 0 rings (SSSR count). The van der Waals surface area contributed by atoms with Crippen LogP contribution in [0.2, 0.25) is 0 Å². The van der Waals surface area contributed by atoms with Gasteiger partial charge in [-0.1, -0.05) is 181 Å². The second kappa shape index (κ2) is 35.5. The van der Waals surface area contributed by atoms with Gasteiger partial charge in [-0.05, 0) is 12.8 Å². The summed E-state index contributed by atoms with van der Waals surface area (Å²) in [5, 5.41) is 0. The number of ether oxygens (including phenoxy) is 2. The maximum Gasteiger partial charge on any atom is 0.472 e. The number of rotatable bonds is 40. The number of carbonyl (C=O) groups is 1. The van der Waals surface area contributed by atoms with Crippen LogP contribution in [0.4, 0.5) is 0 Å². The molecule has 0 spiro atoms. The highest BCUT2D eigenvalue weighted by Crippen LogP contribution is 2.43. The molecule has 2 unspecified atom stereocenters. The molecule has 0 saturated heterocycles. The molecule has 8 nitrogen and oxygen atoms in total. The average Bonchev–Trinajstić information content (AvgIpc) is 3.06. The van der Waals surface area contributed by atoms with Crippen molar-refractivity contribution in [3.8, 4) is 0 Å². The van der Waals surface area contributed by atoms with E-state index in [0.717, 1.165) is 32.1 Å². The maximum atomic E-state index is 12.6. The van der Waals surface area contributed by atoms with Crippen molar-refractivity contribution >= 4 is 13.8 Å². The van der Waals surface area contributed by atoms with Crippen molar-refractivity contribution in [3.63, 3.8) is 0 Å². The number of nitrogens with zero attached hydrogens (tertiary/aromatic N) is 1. The molecule has 0 aromatic rings. The second-order valence-electron chi connectivity index (χ2n) is 15.7. The summed E-state index contributed by atoms with van der Waals surface area (Å²) in [7, 11) is 1.68. The number of likely N-dealkylation sites (N-methyl/N-ethyl adjacent to an activating group) is 1. The minimum Gasteiger partial charge on any atom is -0.457 e. The van der Waals surface area contributed by atoms with E-state index in [4.69, 9.17) is 18.5 Å². The second-order valence-corrected chi connectivity index (χ2v) is 17.2. The van der Waals surface area contributed by atoms with Gasteiger partial charge in [0.15, 0.2) is 0 Å². The summed E-state index contributed by atoms with van der Waals surface area (Å²) in [4.78, 5) is 22.8. The fourth-order valence-corrected chi connectivity index (χ4v) is 6.82. The van der Waals surface area contributed by atoms with E-state index < -0.39 is 13.9 Å². The predicted molar refractivity (Wildman–Crippen MR) is 211 cm³/mol. The lowest BCUT2D eigenvalue weighted by Crippen LogP contribution is -2.37. The highest BCUT2D eigenvalue weighted by molar-refractivity contribution is 7.47. The molecule has 0 bridgehead atoms. The van der Waals surface area contributed by atoms with Gasteiger partial charge >= 0.3 is 13.8 Å². The predicted octanol–water partition coefficient (Wildman–Crippen LogP) is 12.1. The Morgan fingerprint density at radius 3 is 1.32 bits per heavy atom. The molecule has 50 heavy (non-hydrogen) atoms. The number of phosphoric acid groups is 1. The molecule has 2 atom stereocenters. The van der Waals surface area contributed by atoms with Crippen LogP contribution < -0.4 is 0 Å².